The molecule has 2 amide bonds. The molecule has 1 saturated heterocycles. The van der Waals surface area contributed by atoms with Gasteiger partial charge in [0.2, 0.25) is 0 Å². The van der Waals surface area contributed by atoms with E-state index in [1.165, 1.54) is 15.7 Å². The highest BCUT2D eigenvalue weighted by atomic mass is 32.2. The molecule has 0 aliphatic carbocycles. The highest BCUT2D eigenvalue weighted by molar-refractivity contribution is 8.18. The third-order valence-electron chi connectivity index (χ3n) is 6.48. The van der Waals surface area contributed by atoms with Crippen LogP contribution >= 0.6 is 11.8 Å². The summed E-state index contributed by atoms with van der Waals surface area (Å²) in [5.41, 5.74) is 2.89. The van der Waals surface area contributed by atoms with E-state index in [2.05, 4.69) is 30.3 Å². The monoisotopic (exact) mass is 501 g/mol. The first kappa shape index (κ1) is 23.1. The van der Waals surface area contributed by atoms with Crippen LogP contribution in [0, 0.1) is 0 Å². The Kier molecular flexibility index (Phi) is 6.21. The molecule has 180 valence electrons. The topological polar surface area (TPSA) is 46.6 Å². The molecule has 0 unspecified atom stereocenters. The van der Waals surface area contributed by atoms with Crippen molar-refractivity contribution in [2.75, 3.05) is 0 Å². The quantitative estimate of drug-likeness (QED) is 0.223. The number of carbonyl (C=O) groups is 2. The first-order valence-electron chi connectivity index (χ1n) is 12.1. The van der Waals surface area contributed by atoms with Crippen LogP contribution in [0.5, 0.6) is 5.75 Å². The Bertz CT molecular complexity index is 1670. The van der Waals surface area contributed by atoms with Gasteiger partial charge >= 0.3 is 0 Å². The number of ether oxygens (including phenoxy) is 1. The predicted octanol–water partition coefficient (Wildman–Crippen LogP) is 7.81. The van der Waals surface area contributed by atoms with Crippen LogP contribution < -0.4 is 4.74 Å². The largest absolute Gasteiger partial charge is 0.489 e. The van der Waals surface area contributed by atoms with Gasteiger partial charge < -0.3 is 4.74 Å². The van der Waals surface area contributed by atoms with Crippen LogP contribution in [-0.2, 0) is 17.9 Å². The fourth-order valence-corrected chi connectivity index (χ4v) is 5.38. The van der Waals surface area contributed by atoms with Gasteiger partial charge in [0.05, 0.1) is 11.4 Å². The summed E-state index contributed by atoms with van der Waals surface area (Å²) in [4.78, 5) is 27.5. The van der Waals surface area contributed by atoms with E-state index in [9.17, 15) is 9.59 Å². The van der Waals surface area contributed by atoms with Gasteiger partial charge in [-0.3, -0.25) is 14.5 Å². The number of thioether (sulfide) groups is 1. The lowest BCUT2D eigenvalue weighted by Crippen LogP contribution is -2.27. The third-order valence-corrected chi connectivity index (χ3v) is 7.39. The number of benzene rings is 5. The molecule has 1 aliphatic rings. The van der Waals surface area contributed by atoms with Crippen LogP contribution in [0.2, 0.25) is 0 Å². The lowest BCUT2D eigenvalue weighted by Gasteiger charge is -2.14. The molecular formula is C32H23NO3S. The maximum Gasteiger partial charge on any atom is 0.293 e. The second kappa shape index (κ2) is 9.96. The molecule has 1 fully saturated rings. The summed E-state index contributed by atoms with van der Waals surface area (Å²) in [7, 11) is 0. The zero-order chi connectivity index (χ0) is 25.2. The minimum Gasteiger partial charge on any atom is -0.489 e. The Labute approximate surface area is 219 Å². The van der Waals surface area contributed by atoms with Gasteiger partial charge in [0.25, 0.3) is 11.1 Å². The van der Waals surface area contributed by atoms with Crippen molar-refractivity contribution >= 4 is 50.5 Å². The summed E-state index contributed by atoms with van der Waals surface area (Å²) in [6, 6.07) is 36.1. The van der Waals surface area contributed by atoms with E-state index < -0.39 is 0 Å². The fraction of sp³-hybridized carbons (Fsp3) is 0.0625. The average Bonchev–Trinajstić information content (AvgIpc) is 3.20. The Balaban J connectivity index is 1.13. The smallest absolute Gasteiger partial charge is 0.293 e. The van der Waals surface area contributed by atoms with E-state index >= 15 is 0 Å². The molecule has 4 nitrogen and oxygen atoms in total. The van der Waals surface area contributed by atoms with E-state index in [1.54, 1.807) is 6.08 Å². The highest BCUT2D eigenvalue weighted by Gasteiger charge is 2.35. The molecule has 5 heteroatoms. The van der Waals surface area contributed by atoms with Gasteiger partial charge in [-0.2, -0.15) is 0 Å². The summed E-state index contributed by atoms with van der Waals surface area (Å²) in [5, 5.41) is 4.28. The van der Waals surface area contributed by atoms with Crippen LogP contribution in [-0.4, -0.2) is 16.0 Å². The lowest BCUT2D eigenvalue weighted by molar-refractivity contribution is -0.123. The molecule has 1 heterocycles. The van der Waals surface area contributed by atoms with E-state index in [1.807, 2.05) is 78.9 Å². The molecule has 0 atom stereocenters. The standard InChI is InChI=1S/C32H23NO3S/c34-31-30(37-32(35)33(31)20-27-10-5-9-25-7-3-4-11-29(25)27)19-22-13-16-28(17-14-22)36-21-23-12-15-24-6-1-2-8-26(24)18-23/h1-19H,20-21H2/b30-19+. The van der Waals surface area contributed by atoms with Gasteiger partial charge in [0.15, 0.2) is 0 Å². The maximum atomic E-state index is 13.1. The summed E-state index contributed by atoms with van der Waals surface area (Å²) in [6.07, 6.45) is 1.76. The molecular weight excluding hydrogens is 478 g/mol. The van der Waals surface area contributed by atoms with Crippen molar-refractivity contribution in [3.8, 4) is 5.75 Å². The number of carbonyl (C=O) groups excluding carboxylic acids is 2. The van der Waals surface area contributed by atoms with Crippen LogP contribution in [0.1, 0.15) is 16.7 Å². The summed E-state index contributed by atoms with van der Waals surface area (Å²) in [6.45, 7) is 0.724. The summed E-state index contributed by atoms with van der Waals surface area (Å²) < 4.78 is 5.97. The number of hydrogen-bond acceptors (Lipinski definition) is 4. The van der Waals surface area contributed by atoms with Gasteiger partial charge in [-0.15, -0.1) is 0 Å². The molecule has 0 radical (unpaired) electrons. The molecule has 37 heavy (non-hydrogen) atoms. The summed E-state index contributed by atoms with van der Waals surface area (Å²) in [5.74, 6) is 0.480. The van der Waals surface area contributed by atoms with E-state index in [0.29, 0.717) is 11.5 Å². The van der Waals surface area contributed by atoms with Gasteiger partial charge in [0.1, 0.15) is 12.4 Å². The Morgan fingerprint density at radius 1 is 0.730 bits per heavy atom. The van der Waals surface area contributed by atoms with Crippen LogP contribution in [0.3, 0.4) is 0 Å². The zero-order valence-electron chi connectivity index (χ0n) is 20.0. The molecule has 5 aromatic rings. The molecule has 0 bridgehead atoms. The van der Waals surface area contributed by atoms with Crippen LogP contribution in [0.4, 0.5) is 4.79 Å². The molecule has 0 saturated carbocycles. The lowest BCUT2D eigenvalue weighted by atomic mass is 10.0. The van der Waals surface area contributed by atoms with Crippen molar-refractivity contribution in [3.05, 3.63) is 131 Å². The third kappa shape index (κ3) is 4.86. The van der Waals surface area contributed by atoms with E-state index in [-0.39, 0.29) is 17.7 Å². The van der Waals surface area contributed by atoms with Gasteiger partial charge in [-0.25, -0.2) is 0 Å². The normalized spacial score (nSPS) is 14.7. The molecule has 0 aromatic heterocycles. The van der Waals surface area contributed by atoms with E-state index in [4.69, 9.17) is 4.74 Å². The highest BCUT2D eigenvalue weighted by Crippen LogP contribution is 2.34. The minimum absolute atomic E-state index is 0.250. The molecule has 0 spiro atoms. The van der Waals surface area contributed by atoms with Crippen molar-refractivity contribution in [2.45, 2.75) is 13.2 Å². The van der Waals surface area contributed by atoms with Gasteiger partial charge in [-0.1, -0.05) is 91.0 Å². The second-order valence-electron chi connectivity index (χ2n) is 8.95. The molecule has 6 rings (SSSR count). The number of amides is 2. The van der Waals surface area contributed by atoms with Crippen molar-refractivity contribution in [2.24, 2.45) is 0 Å². The Morgan fingerprint density at radius 2 is 1.46 bits per heavy atom. The molecule has 1 aliphatic heterocycles. The zero-order valence-corrected chi connectivity index (χ0v) is 20.8. The summed E-state index contributed by atoms with van der Waals surface area (Å²) >= 11 is 0.981. The molecule has 5 aromatic carbocycles. The first-order chi connectivity index (χ1) is 18.1. The maximum absolute atomic E-state index is 13.1. The van der Waals surface area contributed by atoms with Crippen molar-refractivity contribution < 1.29 is 14.3 Å². The van der Waals surface area contributed by atoms with Gasteiger partial charge in [-0.05, 0) is 74.3 Å². The van der Waals surface area contributed by atoms with E-state index in [0.717, 1.165) is 45.0 Å². The number of hydrogen-bond donors (Lipinski definition) is 0. The van der Waals surface area contributed by atoms with Crippen LogP contribution in [0.25, 0.3) is 27.6 Å². The second-order valence-corrected chi connectivity index (χ2v) is 9.94. The number of imide groups is 1. The SMILES string of the molecule is O=C1S/C(=C/c2ccc(OCc3ccc4ccccc4c3)cc2)C(=O)N1Cc1cccc2ccccc12. The predicted molar refractivity (Wildman–Crippen MR) is 150 cm³/mol. The molecule has 0 N–H and O–H groups in total. The fourth-order valence-electron chi connectivity index (χ4n) is 4.54. The number of nitrogens with zero attached hydrogens (tertiary/aromatic N) is 1. The van der Waals surface area contributed by atoms with Crippen molar-refractivity contribution in [1.82, 2.24) is 4.90 Å². The number of rotatable bonds is 6. The Morgan fingerprint density at radius 3 is 2.30 bits per heavy atom. The van der Waals surface area contributed by atoms with Crippen molar-refractivity contribution in [3.63, 3.8) is 0 Å². The van der Waals surface area contributed by atoms with Gasteiger partial charge in [0, 0.05) is 0 Å². The number of fused-ring (bicyclic) bond motifs is 2. The first-order valence-corrected chi connectivity index (χ1v) is 12.9. The minimum atomic E-state index is -0.264. The van der Waals surface area contributed by atoms with Crippen molar-refractivity contribution in [1.29, 1.82) is 0 Å². The average molecular weight is 502 g/mol. The van der Waals surface area contributed by atoms with Crippen LogP contribution in [0.15, 0.2) is 114 Å². The Hall–Kier alpha value is -4.35.